The van der Waals surface area contributed by atoms with Gasteiger partial charge in [-0.1, -0.05) is 50.5 Å². The molecule has 2 aromatic carbocycles. The first-order valence-electron chi connectivity index (χ1n) is 12.8. The largest absolute Gasteiger partial charge is 0.388 e. The fourth-order valence-corrected chi connectivity index (χ4v) is 4.98. The quantitative estimate of drug-likeness (QED) is 0.410. The van der Waals surface area contributed by atoms with Crippen LogP contribution in [-0.4, -0.2) is 37.9 Å². The number of carbonyl (C=O) groups is 1. The Kier molecular flexibility index (Phi) is 7.44. The van der Waals surface area contributed by atoms with Gasteiger partial charge in [0.05, 0.1) is 5.52 Å². The van der Waals surface area contributed by atoms with E-state index in [9.17, 15) is 4.79 Å². The second kappa shape index (κ2) is 10.4. The minimum Gasteiger partial charge on any atom is -0.388 e. The van der Waals surface area contributed by atoms with E-state index in [4.69, 9.17) is 12.8 Å². The molecule has 1 heterocycles. The Morgan fingerprint density at radius 2 is 1.75 bits per heavy atom. The number of benzene rings is 2. The summed E-state index contributed by atoms with van der Waals surface area (Å²) in [6.45, 7) is 12.6. The number of carbonyl (C=O) groups excluding carboxylic acids is 1. The van der Waals surface area contributed by atoms with Crippen molar-refractivity contribution in [2.45, 2.75) is 70.9 Å². The van der Waals surface area contributed by atoms with Gasteiger partial charge in [-0.05, 0) is 68.5 Å². The van der Waals surface area contributed by atoms with Crippen molar-refractivity contribution >= 4 is 47.6 Å². The first-order chi connectivity index (χ1) is 17.1. The normalized spacial score (nSPS) is 18.0. The lowest BCUT2D eigenvalue weighted by molar-refractivity contribution is 0.0928. The minimum atomic E-state index is -0.125. The third kappa shape index (κ3) is 5.43. The van der Waals surface area contributed by atoms with Crippen LogP contribution >= 0.6 is 0 Å². The molecule has 6 heteroatoms. The van der Waals surface area contributed by atoms with Crippen LogP contribution in [0.25, 0.3) is 17.0 Å². The zero-order valence-electron chi connectivity index (χ0n) is 22.2. The van der Waals surface area contributed by atoms with E-state index in [1.807, 2.05) is 13.1 Å². The van der Waals surface area contributed by atoms with Crippen molar-refractivity contribution in [2.75, 3.05) is 17.7 Å². The molecule has 1 amide bonds. The molecule has 1 aromatic heterocycles. The van der Waals surface area contributed by atoms with E-state index in [-0.39, 0.29) is 17.4 Å². The highest BCUT2D eigenvalue weighted by Gasteiger charge is 2.25. The van der Waals surface area contributed by atoms with Gasteiger partial charge in [0.25, 0.3) is 5.91 Å². The van der Waals surface area contributed by atoms with Crippen LogP contribution in [0.3, 0.4) is 0 Å². The summed E-state index contributed by atoms with van der Waals surface area (Å²) in [4.78, 5) is 18.0. The lowest BCUT2D eigenvalue weighted by atomic mass is 9.84. The number of fused-ring (bicyclic) bond motifs is 1. The molecule has 1 aliphatic carbocycles. The average molecular weight is 480 g/mol. The number of nitrogens with one attached hydrogen (secondary N) is 3. The Bertz CT molecular complexity index is 1290. The van der Waals surface area contributed by atoms with Crippen molar-refractivity contribution in [2.24, 2.45) is 0 Å². The van der Waals surface area contributed by atoms with Gasteiger partial charge in [-0.2, -0.15) is 0 Å². The fourth-order valence-electron chi connectivity index (χ4n) is 4.98. The van der Waals surface area contributed by atoms with Crippen molar-refractivity contribution in [1.29, 1.82) is 0 Å². The van der Waals surface area contributed by atoms with Gasteiger partial charge in [0.15, 0.2) is 0 Å². The maximum atomic E-state index is 13.0. The van der Waals surface area contributed by atoms with Crippen LogP contribution in [0.2, 0.25) is 0 Å². The summed E-state index contributed by atoms with van der Waals surface area (Å²) in [6.07, 6.45) is 5.49. The maximum absolute atomic E-state index is 13.0. The van der Waals surface area contributed by atoms with E-state index in [2.05, 4.69) is 74.5 Å². The SMILES string of the molecule is [B]c1c(C(=O)NC2CCC(Nc3cc(C(C)(C)C)nc4ccc(C)cc34)CC2)ccc(NC)c1C=C. The lowest BCUT2D eigenvalue weighted by Crippen LogP contribution is -2.41. The van der Waals surface area contributed by atoms with E-state index in [0.717, 1.165) is 59.2 Å². The van der Waals surface area contributed by atoms with Gasteiger partial charge < -0.3 is 16.0 Å². The Morgan fingerprint density at radius 1 is 1.06 bits per heavy atom. The topological polar surface area (TPSA) is 66.0 Å². The van der Waals surface area contributed by atoms with E-state index in [0.29, 0.717) is 17.1 Å². The van der Waals surface area contributed by atoms with Crippen molar-refractivity contribution in [3.05, 3.63) is 65.4 Å². The standard InChI is InChI=1S/C30H37BN4O/c1-7-21-24(32-6)15-13-22(28(21)31)29(36)34-20-11-9-19(10-12-20)33-26-17-27(30(3,4)5)35-25-14-8-18(2)16-23(25)26/h7-8,13-17,19-20,32H,1,9-12H2,2-6H3,(H,33,35)(H,34,36). The second-order valence-corrected chi connectivity index (χ2v) is 10.9. The zero-order chi connectivity index (χ0) is 26.0. The van der Waals surface area contributed by atoms with Crippen LogP contribution < -0.4 is 21.4 Å². The summed E-state index contributed by atoms with van der Waals surface area (Å²) in [7, 11) is 8.12. The molecule has 0 atom stereocenters. The number of aryl methyl sites for hydroxylation is 1. The number of amides is 1. The molecule has 3 aromatic rings. The highest BCUT2D eigenvalue weighted by atomic mass is 16.1. The highest BCUT2D eigenvalue weighted by molar-refractivity contribution is 6.39. The van der Waals surface area contributed by atoms with Gasteiger partial charge in [0.2, 0.25) is 0 Å². The summed E-state index contributed by atoms with van der Waals surface area (Å²) >= 11 is 0. The number of anilines is 2. The molecular formula is C30H37BN4O. The van der Waals surface area contributed by atoms with E-state index in [1.54, 1.807) is 12.1 Å². The molecule has 0 unspecified atom stereocenters. The first kappa shape index (κ1) is 25.8. The fraction of sp³-hybridized carbons (Fsp3) is 0.400. The number of hydrogen-bond acceptors (Lipinski definition) is 4. The van der Waals surface area contributed by atoms with Crippen molar-refractivity contribution in [1.82, 2.24) is 10.3 Å². The highest BCUT2D eigenvalue weighted by Crippen LogP contribution is 2.32. The molecule has 1 saturated carbocycles. The Hall–Kier alpha value is -3.28. The molecule has 0 saturated heterocycles. The number of aromatic nitrogens is 1. The Labute approximate surface area is 216 Å². The third-order valence-corrected chi connectivity index (χ3v) is 7.16. The van der Waals surface area contributed by atoms with Crippen LogP contribution in [0.5, 0.6) is 0 Å². The first-order valence-corrected chi connectivity index (χ1v) is 12.8. The molecule has 0 spiro atoms. The number of nitrogens with zero attached hydrogens (tertiary/aromatic N) is 1. The molecule has 1 aliphatic rings. The van der Waals surface area contributed by atoms with E-state index in [1.165, 1.54) is 5.56 Å². The van der Waals surface area contributed by atoms with Gasteiger partial charge in [-0.3, -0.25) is 9.78 Å². The van der Waals surface area contributed by atoms with Crippen molar-refractivity contribution < 1.29 is 4.79 Å². The van der Waals surface area contributed by atoms with E-state index < -0.39 is 0 Å². The van der Waals surface area contributed by atoms with Crippen LogP contribution in [0, 0.1) is 6.92 Å². The molecule has 1 fully saturated rings. The average Bonchev–Trinajstić information content (AvgIpc) is 2.84. The Balaban J connectivity index is 1.45. The van der Waals surface area contributed by atoms with Crippen LogP contribution in [0.15, 0.2) is 43.0 Å². The molecule has 3 N–H and O–H groups in total. The van der Waals surface area contributed by atoms with E-state index >= 15 is 0 Å². The number of rotatable bonds is 6. The predicted molar refractivity (Wildman–Crippen MR) is 154 cm³/mol. The summed E-state index contributed by atoms with van der Waals surface area (Å²) in [5, 5.41) is 11.3. The maximum Gasteiger partial charge on any atom is 0.250 e. The van der Waals surface area contributed by atoms with Gasteiger partial charge in [-0.15, -0.1) is 0 Å². The third-order valence-electron chi connectivity index (χ3n) is 7.16. The monoisotopic (exact) mass is 480 g/mol. The van der Waals surface area contributed by atoms with Crippen LogP contribution in [0.4, 0.5) is 11.4 Å². The lowest BCUT2D eigenvalue weighted by Gasteiger charge is -2.31. The molecular weight excluding hydrogens is 443 g/mol. The smallest absolute Gasteiger partial charge is 0.250 e. The molecule has 36 heavy (non-hydrogen) atoms. The summed E-state index contributed by atoms with van der Waals surface area (Å²) in [5.41, 5.74) is 7.03. The van der Waals surface area contributed by atoms with Gasteiger partial charge in [0.1, 0.15) is 7.85 Å². The van der Waals surface area contributed by atoms with Crippen molar-refractivity contribution in [3.8, 4) is 0 Å². The summed E-state index contributed by atoms with van der Waals surface area (Å²) in [5.74, 6) is -0.125. The number of pyridine rings is 1. The molecule has 0 aliphatic heterocycles. The van der Waals surface area contributed by atoms with Crippen LogP contribution in [-0.2, 0) is 5.41 Å². The van der Waals surface area contributed by atoms with Gasteiger partial charge in [-0.25, -0.2) is 0 Å². The molecule has 5 nitrogen and oxygen atoms in total. The van der Waals surface area contributed by atoms with Crippen molar-refractivity contribution in [3.63, 3.8) is 0 Å². The predicted octanol–water partition coefficient (Wildman–Crippen LogP) is 5.47. The van der Waals surface area contributed by atoms with Gasteiger partial charge >= 0.3 is 0 Å². The number of hydrogen-bond donors (Lipinski definition) is 3. The Morgan fingerprint density at radius 3 is 2.39 bits per heavy atom. The second-order valence-electron chi connectivity index (χ2n) is 10.9. The van der Waals surface area contributed by atoms with Crippen LogP contribution in [0.1, 0.15) is 73.6 Å². The molecule has 0 bridgehead atoms. The molecule has 2 radical (unpaired) electrons. The summed E-state index contributed by atoms with van der Waals surface area (Å²) in [6, 6.07) is 12.8. The minimum absolute atomic E-state index is 0.0316. The molecule has 186 valence electrons. The molecule has 4 rings (SSSR count). The van der Waals surface area contributed by atoms with Gasteiger partial charge in [0, 0.05) is 52.6 Å². The summed E-state index contributed by atoms with van der Waals surface area (Å²) < 4.78 is 0. The zero-order valence-corrected chi connectivity index (χ0v) is 22.2.